The fraction of sp³-hybridized carbons (Fsp3) is 0.250. The molecule has 3 heteroatoms. The third kappa shape index (κ3) is 2.61. The number of anilines is 1. The van der Waals surface area contributed by atoms with Gasteiger partial charge in [0.25, 0.3) is 0 Å². The van der Waals surface area contributed by atoms with E-state index in [1.165, 1.54) is 36.0 Å². The number of nitrogen functional groups attached to an aromatic ring is 1. The molecule has 0 aliphatic heterocycles. The lowest BCUT2D eigenvalue weighted by Crippen LogP contribution is -2.00. The van der Waals surface area contributed by atoms with Gasteiger partial charge in [-0.05, 0) is 64.0 Å². The minimum atomic E-state index is 0.556. The van der Waals surface area contributed by atoms with Crippen LogP contribution in [0, 0.1) is 0 Å². The largest absolute Gasteiger partial charge is 0.486 e. The average molecular weight is 318 g/mol. The van der Waals surface area contributed by atoms with E-state index < -0.39 is 0 Å². The van der Waals surface area contributed by atoms with Crippen LogP contribution in [0.15, 0.2) is 40.9 Å². The van der Waals surface area contributed by atoms with Gasteiger partial charge in [-0.25, -0.2) is 0 Å². The summed E-state index contributed by atoms with van der Waals surface area (Å²) >= 11 is 3.47. The maximum atomic E-state index is 5.92. The fourth-order valence-corrected chi connectivity index (χ4v) is 3.04. The van der Waals surface area contributed by atoms with Gasteiger partial charge in [-0.15, -0.1) is 0 Å². The van der Waals surface area contributed by atoms with Crippen LogP contribution in [0.4, 0.5) is 5.69 Å². The second kappa shape index (κ2) is 5.25. The molecule has 0 saturated heterocycles. The monoisotopic (exact) mass is 317 g/mol. The number of para-hydroxylation sites is 1. The number of fused-ring (bicyclic) bond motifs is 1. The maximum Gasteiger partial charge on any atom is 0.156 e. The average Bonchev–Trinajstić information content (AvgIpc) is 2.85. The molecule has 3 rings (SSSR count). The molecule has 0 amide bonds. The second-order valence-electron chi connectivity index (χ2n) is 4.90. The highest BCUT2D eigenvalue weighted by Crippen LogP contribution is 2.32. The molecule has 0 fully saturated rings. The Hall–Kier alpha value is -1.48. The third-order valence-corrected chi connectivity index (χ3v) is 4.17. The summed E-state index contributed by atoms with van der Waals surface area (Å²) < 4.78 is 6.74. The van der Waals surface area contributed by atoms with Crippen LogP contribution in [0.3, 0.4) is 0 Å². The van der Waals surface area contributed by atoms with E-state index in [0.717, 1.165) is 10.2 Å². The van der Waals surface area contributed by atoms with E-state index in [0.29, 0.717) is 12.3 Å². The summed E-state index contributed by atoms with van der Waals surface area (Å²) in [5.74, 6) is 0.725. The number of hydrogen-bond donors (Lipinski definition) is 1. The lowest BCUT2D eigenvalue weighted by molar-refractivity contribution is 0.306. The van der Waals surface area contributed by atoms with Crippen LogP contribution in [0.1, 0.15) is 23.1 Å². The zero-order valence-corrected chi connectivity index (χ0v) is 12.2. The van der Waals surface area contributed by atoms with Crippen LogP contribution in [0.5, 0.6) is 5.75 Å². The molecule has 2 aromatic rings. The lowest BCUT2D eigenvalue weighted by Gasteiger charge is -2.11. The van der Waals surface area contributed by atoms with Gasteiger partial charge in [-0.1, -0.05) is 24.3 Å². The predicted molar refractivity (Wildman–Crippen MR) is 81.4 cm³/mol. The van der Waals surface area contributed by atoms with Gasteiger partial charge in [0.2, 0.25) is 0 Å². The second-order valence-corrected chi connectivity index (χ2v) is 5.76. The van der Waals surface area contributed by atoms with E-state index in [9.17, 15) is 0 Å². The van der Waals surface area contributed by atoms with Crippen molar-refractivity contribution in [3.63, 3.8) is 0 Å². The Bertz CT molecular complexity index is 589. The van der Waals surface area contributed by atoms with Gasteiger partial charge in [-0.2, -0.15) is 0 Å². The van der Waals surface area contributed by atoms with Crippen LogP contribution < -0.4 is 10.5 Å². The van der Waals surface area contributed by atoms with Gasteiger partial charge in [0, 0.05) is 0 Å². The number of aryl methyl sites for hydroxylation is 2. The summed E-state index contributed by atoms with van der Waals surface area (Å²) in [5, 5.41) is 0. The molecule has 2 N–H and O–H groups in total. The first-order valence-corrected chi connectivity index (χ1v) is 7.31. The SMILES string of the molecule is Nc1cccc(Br)c1OCc1ccc2c(c1)CCC2. The zero-order valence-electron chi connectivity index (χ0n) is 10.7. The molecule has 0 saturated carbocycles. The summed E-state index contributed by atoms with van der Waals surface area (Å²) in [5.41, 5.74) is 10.8. The van der Waals surface area contributed by atoms with Gasteiger partial charge in [0.15, 0.2) is 5.75 Å². The first kappa shape index (κ1) is 12.5. The van der Waals surface area contributed by atoms with Crippen molar-refractivity contribution in [3.05, 3.63) is 57.6 Å². The van der Waals surface area contributed by atoms with Gasteiger partial charge >= 0.3 is 0 Å². The number of ether oxygens (including phenoxy) is 1. The minimum Gasteiger partial charge on any atom is -0.486 e. The quantitative estimate of drug-likeness (QED) is 0.865. The van der Waals surface area contributed by atoms with E-state index in [4.69, 9.17) is 10.5 Å². The maximum absolute atomic E-state index is 5.92. The standard InChI is InChI=1S/C16H16BrNO/c17-14-5-2-6-15(18)16(14)19-10-11-7-8-12-3-1-4-13(12)9-11/h2,5-9H,1,3-4,10,18H2. The molecule has 2 nitrogen and oxygen atoms in total. The zero-order chi connectivity index (χ0) is 13.2. The summed E-state index contributed by atoms with van der Waals surface area (Å²) in [4.78, 5) is 0. The summed E-state index contributed by atoms with van der Waals surface area (Å²) in [6, 6.07) is 12.3. The van der Waals surface area contributed by atoms with Crippen molar-refractivity contribution < 1.29 is 4.74 Å². The molecule has 19 heavy (non-hydrogen) atoms. The van der Waals surface area contributed by atoms with Crippen LogP contribution in [-0.4, -0.2) is 0 Å². The molecule has 1 aliphatic carbocycles. The van der Waals surface area contributed by atoms with E-state index in [1.807, 2.05) is 18.2 Å². The smallest absolute Gasteiger partial charge is 0.156 e. The van der Waals surface area contributed by atoms with Gasteiger partial charge < -0.3 is 10.5 Å². The van der Waals surface area contributed by atoms with Gasteiger partial charge in [0.1, 0.15) is 6.61 Å². The Balaban J connectivity index is 1.76. The molecule has 98 valence electrons. The van der Waals surface area contributed by atoms with Crippen LogP contribution in [-0.2, 0) is 19.4 Å². The molecule has 0 radical (unpaired) electrons. The van der Waals surface area contributed by atoms with Crippen molar-refractivity contribution in [2.45, 2.75) is 25.9 Å². The molecule has 2 aromatic carbocycles. The van der Waals surface area contributed by atoms with Crippen LogP contribution in [0.2, 0.25) is 0 Å². The molecule has 0 spiro atoms. The first-order chi connectivity index (χ1) is 9.24. The van der Waals surface area contributed by atoms with Crippen molar-refractivity contribution in [2.75, 3.05) is 5.73 Å². The van der Waals surface area contributed by atoms with Crippen LogP contribution in [0.25, 0.3) is 0 Å². The molecular formula is C16H16BrNO. The highest BCUT2D eigenvalue weighted by molar-refractivity contribution is 9.10. The Labute approximate surface area is 121 Å². The predicted octanol–water partition coefficient (Wildman–Crippen LogP) is 4.10. The highest BCUT2D eigenvalue weighted by Gasteiger charge is 2.11. The van der Waals surface area contributed by atoms with Crippen molar-refractivity contribution in [2.24, 2.45) is 0 Å². The molecule has 0 unspecified atom stereocenters. The molecule has 0 atom stereocenters. The van der Waals surface area contributed by atoms with E-state index in [1.54, 1.807) is 0 Å². The van der Waals surface area contributed by atoms with Crippen molar-refractivity contribution in [1.82, 2.24) is 0 Å². The summed E-state index contributed by atoms with van der Waals surface area (Å²) in [7, 11) is 0. The minimum absolute atomic E-state index is 0.556. The van der Waals surface area contributed by atoms with Crippen molar-refractivity contribution in [1.29, 1.82) is 0 Å². The number of nitrogens with two attached hydrogens (primary N) is 1. The highest BCUT2D eigenvalue weighted by atomic mass is 79.9. The molecular weight excluding hydrogens is 302 g/mol. The fourth-order valence-electron chi connectivity index (χ4n) is 2.55. The number of hydrogen-bond acceptors (Lipinski definition) is 2. The number of benzene rings is 2. The third-order valence-electron chi connectivity index (χ3n) is 3.54. The Morgan fingerprint density at radius 2 is 1.95 bits per heavy atom. The van der Waals surface area contributed by atoms with Gasteiger partial charge in [0.05, 0.1) is 10.2 Å². The Morgan fingerprint density at radius 3 is 2.79 bits per heavy atom. The Morgan fingerprint density at radius 1 is 1.11 bits per heavy atom. The van der Waals surface area contributed by atoms with Crippen LogP contribution >= 0.6 is 15.9 Å². The van der Waals surface area contributed by atoms with Gasteiger partial charge in [-0.3, -0.25) is 0 Å². The lowest BCUT2D eigenvalue weighted by atomic mass is 10.1. The van der Waals surface area contributed by atoms with E-state index in [-0.39, 0.29) is 0 Å². The first-order valence-electron chi connectivity index (χ1n) is 6.51. The Kier molecular flexibility index (Phi) is 3.47. The summed E-state index contributed by atoms with van der Waals surface area (Å²) in [6.07, 6.45) is 3.69. The molecule has 1 aliphatic rings. The molecule has 0 heterocycles. The van der Waals surface area contributed by atoms with Crippen molar-refractivity contribution in [3.8, 4) is 5.75 Å². The topological polar surface area (TPSA) is 35.2 Å². The normalized spacial score (nSPS) is 13.3. The summed E-state index contributed by atoms with van der Waals surface area (Å²) in [6.45, 7) is 0.556. The number of rotatable bonds is 3. The van der Waals surface area contributed by atoms with Crippen molar-refractivity contribution >= 4 is 21.6 Å². The van der Waals surface area contributed by atoms with E-state index >= 15 is 0 Å². The molecule has 0 bridgehead atoms. The number of halogens is 1. The van der Waals surface area contributed by atoms with E-state index in [2.05, 4.69) is 34.1 Å². The molecule has 0 aromatic heterocycles.